The highest BCUT2D eigenvalue weighted by Gasteiger charge is 2.34. The number of nitrogens with zero attached hydrogens (tertiary/aromatic N) is 1. The number of unbranched alkanes of at least 4 members (excludes halogenated alkanes) is 2. The van der Waals surface area contributed by atoms with Gasteiger partial charge >= 0.3 is 0 Å². The van der Waals surface area contributed by atoms with Gasteiger partial charge in [-0.1, -0.05) is 33.1 Å². The van der Waals surface area contributed by atoms with Crippen LogP contribution in [0.1, 0.15) is 72.1 Å². The van der Waals surface area contributed by atoms with Crippen molar-refractivity contribution in [1.82, 2.24) is 10.2 Å². The van der Waals surface area contributed by atoms with Gasteiger partial charge in [0.15, 0.2) is 5.78 Å². The molecular weight excluding hydrogens is 280 g/mol. The summed E-state index contributed by atoms with van der Waals surface area (Å²) in [6.45, 7) is 6.24. The molecular formula is C17H30N2O3. The van der Waals surface area contributed by atoms with Gasteiger partial charge in [-0.15, -0.1) is 0 Å². The molecule has 126 valence electrons. The maximum atomic E-state index is 12.5. The van der Waals surface area contributed by atoms with Gasteiger partial charge in [0.1, 0.15) is 6.04 Å². The highest BCUT2D eigenvalue weighted by molar-refractivity contribution is 5.92. The lowest BCUT2D eigenvalue weighted by Crippen LogP contribution is -2.50. The van der Waals surface area contributed by atoms with E-state index in [1.54, 1.807) is 4.90 Å². The zero-order valence-electron chi connectivity index (χ0n) is 14.2. The van der Waals surface area contributed by atoms with Gasteiger partial charge < -0.3 is 10.2 Å². The Bertz CT molecular complexity index is 395. The number of nitrogens with one attached hydrogen (secondary N) is 1. The molecule has 1 rings (SSSR count). The van der Waals surface area contributed by atoms with Crippen molar-refractivity contribution in [2.24, 2.45) is 0 Å². The van der Waals surface area contributed by atoms with E-state index in [-0.39, 0.29) is 17.6 Å². The Morgan fingerprint density at radius 3 is 2.50 bits per heavy atom. The van der Waals surface area contributed by atoms with E-state index in [9.17, 15) is 14.4 Å². The zero-order chi connectivity index (χ0) is 16.5. The third-order valence-corrected chi connectivity index (χ3v) is 4.24. The van der Waals surface area contributed by atoms with Gasteiger partial charge in [-0.3, -0.25) is 14.4 Å². The van der Waals surface area contributed by atoms with E-state index in [0.29, 0.717) is 25.8 Å². The molecule has 1 N–H and O–H groups in total. The Kier molecular flexibility index (Phi) is 8.13. The molecule has 1 saturated heterocycles. The van der Waals surface area contributed by atoms with E-state index in [1.165, 1.54) is 6.92 Å². The second-order valence-corrected chi connectivity index (χ2v) is 6.16. The van der Waals surface area contributed by atoms with Crippen molar-refractivity contribution >= 4 is 17.6 Å². The summed E-state index contributed by atoms with van der Waals surface area (Å²) < 4.78 is 0. The number of hydrogen-bond acceptors (Lipinski definition) is 3. The molecule has 1 fully saturated rings. The second kappa shape index (κ2) is 9.59. The predicted octanol–water partition coefficient (Wildman–Crippen LogP) is 2.43. The molecule has 1 aliphatic heterocycles. The van der Waals surface area contributed by atoms with Gasteiger partial charge in [0.05, 0.1) is 6.04 Å². The lowest BCUT2D eigenvalue weighted by Gasteiger charge is -2.26. The molecule has 0 bridgehead atoms. The minimum Gasteiger partial charge on any atom is -0.345 e. The first-order valence-corrected chi connectivity index (χ1v) is 8.61. The quantitative estimate of drug-likeness (QED) is 0.665. The molecule has 22 heavy (non-hydrogen) atoms. The largest absolute Gasteiger partial charge is 0.345 e. The van der Waals surface area contributed by atoms with Crippen molar-refractivity contribution < 1.29 is 14.4 Å². The van der Waals surface area contributed by atoms with Crippen molar-refractivity contribution in [3.05, 3.63) is 0 Å². The van der Waals surface area contributed by atoms with Crippen molar-refractivity contribution in [2.45, 2.75) is 84.2 Å². The van der Waals surface area contributed by atoms with Gasteiger partial charge in [-0.05, 0) is 32.6 Å². The summed E-state index contributed by atoms with van der Waals surface area (Å²) in [5.74, 6) is -0.127. The monoisotopic (exact) mass is 310 g/mol. The first-order chi connectivity index (χ1) is 10.5. The molecule has 0 saturated carbocycles. The van der Waals surface area contributed by atoms with Crippen LogP contribution in [0.25, 0.3) is 0 Å². The summed E-state index contributed by atoms with van der Waals surface area (Å²) in [7, 11) is 0. The second-order valence-electron chi connectivity index (χ2n) is 6.16. The van der Waals surface area contributed by atoms with Crippen LogP contribution >= 0.6 is 0 Å². The van der Waals surface area contributed by atoms with Crippen LogP contribution in [0.2, 0.25) is 0 Å². The molecule has 2 unspecified atom stereocenters. The zero-order valence-corrected chi connectivity index (χ0v) is 14.2. The number of carbonyl (C=O) groups excluding carboxylic acids is 3. The number of carbonyl (C=O) groups is 3. The van der Waals surface area contributed by atoms with E-state index in [4.69, 9.17) is 0 Å². The maximum absolute atomic E-state index is 12.5. The average Bonchev–Trinajstić information content (AvgIpc) is 2.96. The fourth-order valence-corrected chi connectivity index (χ4v) is 2.94. The molecule has 5 nitrogen and oxygen atoms in total. The topological polar surface area (TPSA) is 66.5 Å². The lowest BCUT2D eigenvalue weighted by atomic mass is 10.0. The van der Waals surface area contributed by atoms with Crippen molar-refractivity contribution in [2.75, 3.05) is 6.54 Å². The lowest BCUT2D eigenvalue weighted by molar-refractivity contribution is -0.139. The molecule has 1 aliphatic rings. The summed E-state index contributed by atoms with van der Waals surface area (Å²) in [6.07, 6.45) is 6.58. The van der Waals surface area contributed by atoms with Crippen LogP contribution in [0.3, 0.4) is 0 Å². The number of Topliss-reactive ketones (excluding diaryl/α,β-unsaturated/α-hetero) is 1. The number of rotatable bonds is 9. The maximum Gasteiger partial charge on any atom is 0.243 e. The molecule has 0 spiro atoms. The molecule has 0 aliphatic carbocycles. The number of likely N-dealkylation sites (tertiary alicyclic amines) is 1. The highest BCUT2D eigenvalue weighted by Crippen LogP contribution is 2.19. The van der Waals surface area contributed by atoms with Gasteiger partial charge in [0.2, 0.25) is 11.8 Å². The van der Waals surface area contributed by atoms with E-state index in [2.05, 4.69) is 12.2 Å². The average molecular weight is 310 g/mol. The molecule has 0 aromatic rings. The standard InChI is InChI=1S/C17H30N2O3/c1-4-6-7-10-14(13(3)20)18-17(22)15-11-8-12-19(15)16(21)9-5-2/h14-15H,4-12H2,1-3H3,(H,18,22). The van der Waals surface area contributed by atoms with E-state index < -0.39 is 12.1 Å². The fraction of sp³-hybridized carbons (Fsp3) is 0.824. The fourth-order valence-electron chi connectivity index (χ4n) is 2.94. The molecule has 5 heteroatoms. The third-order valence-electron chi connectivity index (χ3n) is 4.24. The summed E-state index contributed by atoms with van der Waals surface area (Å²) >= 11 is 0. The normalized spacial score (nSPS) is 19.0. The molecule has 1 heterocycles. The third kappa shape index (κ3) is 5.43. The van der Waals surface area contributed by atoms with E-state index in [1.807, 2.05) is 6.92 Å². The Balaban J connectivity index is 2.60. The first-order valence-electron chi connectivity index (χ1n) is 8.61. The highest BCUT2D eigenvalue weighted by atomic mass is 16.2. The predicted molar refractivity (Wildman–Crippen MR) is 86.4 cm³/mol. The van der Waals surface area contributed by atoms with Crippen molar-refractivity contribution in [1.29, 1.82) is 0 Å². The van der Waals surface area contributed by atoms with E-state index >= 15 is 0 Å². The first kappa shape index (κ1) is 18.7. The molecule has 0 radical (unpaired) electrons. The van der Waals surface area contributed by atoms with Crippen LogP contribution in [0.5, 0.6) is 0 Å². The Labute approximate surface area is 133 Å². The van der Waals surface area contributed by atoms with Gasteiger partial charge in [0.25, 0.3) is 0 Å². The smallest absolute Gasteiger partial charge is 0.243 e. The van der Waals surface area contributed by atoms with Crippen molar-refractivity contribution in [3.8, 4) is 0 Å². The van der Waals surface area contributed by atoms with Crippen LogP contribution < -0.4 is 5.32 Å². The Morgan fingerprint density at radius 1 is 1.18 bits per heavy atom. The van der Waals surface area contributed by atoms with Gasteiger partial charge in [-0.2, -0.15) is 0 Å². The minimum atomic E-state index is -0.414. The Hall–Kier alpha value is -1.39. The van der Waals surface area contributed by atoms with Crippen LogP contribution in [-0.4, -0.2) is 41.1 Å². The van der Waals surface area contributed by atoms with Crippen molar-refractivity contribution in [3.63, 3.8) is 0 Å². The summed E-state index contributed by atoms with van der Waals surface area (Å²) in [5, 5.41) is 2.86. The minimum absolute atomic E-state index is 0.00566. The molecule has 2 amide bonds. The van der Waals surface area contributed by atoms with Crippen LogP contribution in [0.15, 0.2) is 0 Å². The molecule has 2 atom stereocenters. The molecule has 0 aromatic heterocycles. The van der Waals surface area contributed by atoms with Gasteiger partial charge in [0, 0.05) is 13.0 Å². The SMILES string of the molecule is CCCCCC(NC(=O)C1CCCN1C(=O)CCC)C(C)=O. The van der Waals surface area contributed by atoms with Crippen LogP contribution in [0, 0.1) is 0 Å². The number of ketones is 1. The number of hydrogen-bond donors (Lipinski definition) is 1. The summed E-state index contributed by atoms with van der Waals surface area (Å²) in [6, 6.07) is -0.810. The molecule has 0 aromatic carbocycles. The van der Waals surface area contributed by atoms with Gasteiger partial charge in [-0.25, -0.2) is 0 Å². The van der Waals surface area contributed by atoms with E-state index in [0.717, 1.165) is 32.1 Å². The number of amides is 2. The summed E-state index contributed by atoms with van der Waals surface area (Å²) in [5.41, 5.74) is 0. The van der Waals surface area contributed by atoms with Crippen LogP contribution in [0.4, 0.5) is 0 Å². The summed E-state index contributed by atoms with van der Waals surface area (Å²) in [4.78, 5) is 37.9. The van der Waals surface area contributed by atoms with Crippen LogP contribution in [-0.2, 0) is 14.4 Å². The Morgan fingerprint density at radius 2 is 1.91 bits per heavy atom.